The van der Waals surface area contributed by atoms with Gasteiger partial charge in [-0.2, -0.15) is 0 Å². The van der Waals surface area contributed by atoms with Gasteiger partial charge >= 0.3 is 0 Å². The van der Waals surface area contributed by atoms with Crippen molar-refractivity contribution in [2.24, 2.45) is 0 Å². The van der Waals surface area contributed by atoms with Gasteiger partial charge in [0, 0.05) is 33.0 Å². The third-order valence-electron chi connectivity index (χ3n) is 3.67. The summed E-state index contributed by atoms with van der Waals surface area (Å²) in [4.78, 5) is 4.07. The fourth-order valence-electron chi connectivity index (χ4n) is 2.37. The molecular weight excluding hydrogens is 367 g/mol. The lowest BCUT2D eigenvalue weighted by Crippen LogP contribution is -2.12. The molecule has 0 fully saturated rings. The van der Waals surface area contributed by atoms with Crippen LogP contribution in [0, 0.1) is 0 Å². The zero-order chi connectivity index (χ0) is 16.9. The Bertz CT molecular complexity index is 768. The van der Waals surface area contributed by atoms with Crippen LogP contribution in [0.25, 0.3) is 0 Å². The van der Waals surface area contributed by atoms with Gasteiger partial charge in [0.1, 0.15) is 6.10 Å². The van der Waals surface area contributed by atoms with Crippen molar-refractivity contribution >= 4 is 34.8 Å². The van der Waals surface area contributed by atoms with Crippen molar-refractivity contribution in [3.05, 3.63) is 87.4 Å². The van der Waals surface area contributed by atoms with Gasteiger partial charge in [-0.15, -0.1) is 0 Å². The number of benzene rings is 2. The summed E-state index contributed by atoms with van der Waals surface area (Å²) in [6.07, 6.45) is 5.22. The summed E-state index contributed by atoms with van der Waals surface area (Å²) in [5, 5.41) is 1.88. The van der Waals surface area contributed by atoms with E-state index in [9.17, 15) is 0 Å². The van der Waals surface area contributed by atoms with E-state index in [2.05, 4.69) is 4.98 Å². The highest BCUT2D eigenvalue weighted by molar-refractivity contribution is 6.35. The van der Waals surface area contributed by atoms with Crippen molar-refractivity contribution in [1.29, 1.82) is 0 Å². The normalized spacial score (nSPS) is 12.3. The van der Waals surface area contributed by atoms with Crippen LogP contribution in [0.1, 0.15) is 17.2 Å². The first kappa shape index (κ1) is 17.3. The molecule has 0 amide bonds. The number of aromatic nitrogens is 2. The van der Waals surface area contributed by atoms with Crippen molar-refractivity contribution in [3.8, 4) is 0 Å². The summed E-state index contributed by atoms with van der Waals surface area (Å²) in [7, 11) is 0. The summed E-state index contributed by atoms with van der Waals surface area (Å²) in [6, 6.07) is 13.0. The topological polar surface area (TPSA) is 27.1 Å². The second kappa shape index (κ2) is 8.04. The largest absolute Gasteiger partial charge is 0.367 e. The number of ether oxygens (including phenoxy) is 1. The summed E-state index contributed by atoms with van der Waals surface area (Å²) >= 11 is 18.4. The molecule has 0 aliphatic heterocycles. The molecule has 0 bridgehead atoms. The van der Waals surface area contributed by atoms with Crippen LogP contribution in [-0.2, 0) is 17.9 Å². The molecule has 0 radical (unpaired) electrons. The monoisotopic (exact) mass is 380 g/mol. The lowest BCUT2D eigenvalue weighted by molar-refractivity contribution is 0.0280. The van der Waals surface area contributed by atoms with E-state index in [1.165, 1.54) is 0 Å². The molecule has 24 heavy (non-hydrogen) atoms. The molecule has 0 N–H and O–H groups in total. The first-order chi connectivity index (χ1) is 11.6. The predicted molar refractivity (Wildman–Crippen MR) is 97.7 cm³/mol. The van der Waals surface area contributed by atoms with Crippen LogP contribution < -0.4 is 0 Å². The van der Waals surface area contributed by atoms with Crippen molar-refractivity contribution in [1.82, 2.24) is 9.55 Å². The van der Waals surface area contributed by atoms with Crippen molar-refractivity contribution < 1.29 is 4.74 Å². The average molecular weight is 382 g/mol. The molecule has 0 spiro atoms. The molecule has 3 rings (SSSR count). The molecule has 0 aliphatic carbocycles. The summed E-state index contributed by atoms with van der Waals surface area (Å²) in [5.41, 5.74) is 1.81. The van der Waals surface area contributed by atoms with Gasteiger partial charge in [-0.05, 0) is 29.8 Å². The molecule has 124 valence electrons. The minimum Gasteiger partial charge on any atom is -0.367 e. The fraction of sp³-hybridized carbons (Fsp3) is 0.167. The minimum absolute atomic E-state index is 0.177. The van der Waals surface area contributed by atoms with Gasteiger partial charge in [0.05, 0.1) is 19.5 Å². The van der Waals surface area contributed by atoms with Gasteiger partial charge in [-0.3, -0.25) is 0 Å². The van der Waals surface area contributed by atoms with Crippen molar-refractivity contribution in [2.45, 2.75) is 19.3 Å². The maximum Gasteiger partial charge on any atom is 0.101 e. The Hall–Kier alpha value is -1.52. The van der Waals surface area contributed by atoms with Crippen LogP contribution in [0.15, 0.2) is 61.2 Å². The summed E-state index contributed by atoms with van der Waals surface area (Å²) < 4.78 is 8.09. The van der Waals surface area contributed by atoms with Crippen molar-refractivity contribution in [3.63, 3.8) is 0 Å². The highest BCUT2D eigenvalue weighted by Crippen LogP contribution is 2.28. The first-order valence-electron chi connectivity index (χ1n) is 7.39. The first-order valence-corrected chi connectivity index (χ1v) is 8.52. The second-order valence-corrected chi connectivity index (χ2v) is 6.56. The summed E-state index contributed by atoms with van der Waals surface area (Å²) in [6.45, 7) is 0.949. The third-order valence-corrected chi connectivity index (χ3v) is 4.63. The van der Waals surface area contributed by atoms with Gasteiger partial charge < -0.3 is 9.30 Å². The van der Waals surface area contributed by atoms with Gasteiger partial charge in [0.2, 0.25) is 0 Å². The molecule has 2 aromatic carbocycles. The highest BCUT2D eigenvalue weighted by atomic mass is 35.5. The molecule has 0 saturated carbocycles. The maximum atomic E-state index is 6.23. The number of hydrogen-bond acceptors (Lipinski definition) is 2. The number of imidazole rings is 1. The molecule has 0 unspecified atom stereocenters. The number of nitrogens with zero attached hydrogens (tertiary/aromatic N) is 2. The SMILES string of the molecule is Clc1ccc([C@@H](Cn2ccnc2)OCc2c(Cl)cccc2Cl)cc1. The van der Waals surface area contributed by atoms with Crippen LogP contribution in [0.5, 0.6) is 0 Å². The Morgan fingerprint density at radius 3 is 2.33 bits per heavy atom. The van der Waals surface area contributed by atoms with Crippen LogP contribution in [0.4, 0.5) is 0 Å². The zero-order valence-electron chi connectivity index (χ0n) is 12.7. The average Bonchev–Trinajstić information content (AvgIpc) is 3.07. The molecule has 1 atom stereocenters. The van der Waals surface area contributed by atoms with E-state index in [-0.39, 0.29) is 6.10 Å². The zero-order valence-corrected chi connectivity index (χ0v) is 15.0. The Labute approximate surface area is 155 Å². The van der Waals surface area contributed by atoms with E-state index in [1.807, 2.05) is 41.1 Å². The van der Waals surface area contributed by atoms with E-state index in [0.717, 1.165) is 11.1 Å². The Balaban J connectivity index is 1.80. The number of hydrogen-bond donors (Lipinski definition) is 0. The summed E-state index contributed by atoms with van der Waals surface area (Å²) in [5.74, 6) is 0. The highest BCUT2D eigenvalue weighted by Gasteiger charge is 2.15. The van der Waals surface area contributed by atoms with Gasteiger partial charge in [-0.25, -0.2) is 4.98 Å². The molecular formula is C18H15Cl3N2O. The fourth-order valence-corrected chi connectivity index (χ4v) is 3.00. The lowest BCUT2D eigenvalue weighted by atomic mass is 10.1. The van der Waals surface area contributed by atoms with Crippen LogP contribution in [0.3, 0.4) is 0 Å². The van der Waals surface area contributed by atoms with E-state index in [4.69, 9.17) is 39.5 Å². The van der Waals surface area contributed by atoms with Gasteiger partial charge in [0.25, 0.3) is 0 Å². The van der Waals surface area contributed by atoms with Crippen molar-refractivity contribution in [2.75, 3.05) is 0 Å². The van der Waals surface area contributed by atoms with Crippen LogP contribution in [0.2, 0.25) is 15.1 Å². The molecule has 0 aliphatic rings. The van der Waals surface area contributed by atoms with E-state index in [1.54, 1.807) is 24.7 Å². The van der Waals surface area contributed by atoms with E-state index >= 15 is 0 Å². The number of rotatable bonds is 6. The predicted octanol–water partition coefficient (Wildman–Crippen LogP) is 5.80. The molecule has 1 aromatic heterocycles. The Kier molecular flexibility index (Phi) is 5.80. The second-order valence-electron chi connectivity index (χ2n) is 5.31. The van der Waals surface area contributed by atoms with Crippen LogP contribution in [-0.4, -0.2) is 9.55 Å². The quantitative estimate of drug-likeness (QED) is 0.539. The van der Waals surface area contributed by atoms with Gasteiger partial charge in [0.15, 0.2) is 0 Å². The molecule has 3 aromatic rings. The third kappa shape index (κ3) is 4.31. The van der Waals surface area contributed by atoms with Crippen LogP contribution >= 0.6 is 34.8 Å². The molecule has 1 heterocycles. The van der Waals surface area contributed by atoms with Gasteiger partial charge in [-0.1, -0.05) is 53.0 Å². The number of halogens is 3. The minimum atomic E-state index is -0.177. The van der Waals surface area contributed by atoms with E-state index < -0.39 is 0 Å². The molecule has 0 saturated heterocycles. The molecule has 6 heteroatoms. The smallest absolute Gasteiger partial charge is 0.101 e. The maximum absolute atomic E-state index is 6.23. The van der Waals surface area contributed by atoms with E-state index in [0.29, 0.717) is 28.2 Å². The Morgan fingerprint density at radius 1 is 1.00 bits per heavy atom. The lowest BCUT2D eigenvalue weighted by Gasteiger charge is -2.20. The molecule has 3 nitrogen and oxygen atoms in total. The Morgan fingerprint density at radius 2 is 1.71 bits per heavy atom. The standard InChI is InChI=1S/C18H15Cl3N2O/c19-14-6-4-13(5-7-14)18(10-23-9-8-22-12-23)24-11-15-16(20)2-1-3-17(15)21/h1-9,12,18H,10-11H2/t18-/m1/s1.